The second-order valence-electron chi connectivity index (χ2n) is 6.65. The molecule has 1 fully saturated rings. The number of rotatable bonds is 6. The van der Waals surface area contributed by atoms with Crippen LogP contribution in [0.25, 0.3) is 0 Å². The first-order valence-electron chi connectivity index (χ1n) is 8.98. The van der Waals surface area contributed by atoms with Crippen molar-refractivity contribution in [2.24, 2.45) is 0 Å². The van der Waals surface area contributed by atoms with Gasteiger partial charge in [-0.3, -0.25) is 4.79 Å². The molecule has 2 aromatic rings. The van der Waals surface area contributed by atoms with E-state index in [2.05, 4.69) is 4.72 Å². The van der Waals surface area contributed by atoms with Crippen LogP contribution in [0, 0.1) is 5.82 Å². The number of aryl methyl sites for hydroxylation is 1. The van der Waals surface area contributed by atoms with Crippen LogP contribution in [0.5, 0.6) is 0 Å². The van der Waals surface area contributed by atoms with Gasteiger partial charge in [-0.15, -0.1) is 0 Å². The Kier molecular flexibility index (Phi) is 5.92. The first-order valence-corrected chi connectivity index (χ1v) is 10.5. The lowest BCUT2D eigenvalue weighted by Gasteiger charge is -2.25. The van der Waals surface area contributed by atoms with Crippen LogP contribution in [0.3, 0.4) is 0 Å². The summed E-state index contributed by atoms with van der Waals surface area (Å²) in [6.07, 6.45) is 2.72. The van der Waals surface area contributed by atoms with E-state index in [9.17, 15) is 17.6 Å². The second-order valence-corrected chi connectivity index (χ2v) is 8.53. The molecule has 1 amide bonds. The molecule has 27 heavy (non-hydrogen) atoms. The molecule has 0 aromatic heterocycles. The molecule has 5 nitrogen and oxygen atoms in total. The fourth-order valence-corrected chi connectivity index (χ4v) is 4.17. The molecule has 1 unspecified atom stereocenters. The summed E-state index contributed by atoms with van der Waals surface area (Å²) in [6, 6.07) is 12.9. The lowest BCUT2D eigenvalue weighted by atomic mass is 10.0. The van der Waals surface area contributed by atoms with Gasteiger partial charge in [0.25, 0.3) is 0 Å². The minimum atomic E-state index is -3.45. The molecule has 2 aromatic carbocycles. The topological polar surface area (TPSA) is 66.5 Å². The van der Waals surface area contributed by atoms with Gasteiger partial charge in [0.05, 0.1) is 10.9 Å². The summed E-state index contributed by atoms with van der Waals surface area (Å²) in [6.45, 7) is 0.709. The van der Waals surface area contributed by atoms with Gasteiger partial charge < -0.3 is 4.90 Å². The number of carbonyl (C=O) groups is 1. The van der Waals surface area contributed by atoms with Crippen LogP contribution in [0.2, 0.25) is 0 Å². The van der Waals surface area contributed by atoms with E-state index in [1.807, 2.05) is 4.90 Å². The molecule has 3 rings (SSSR count). The molecule has 1 saturated heterocycles. The SMILES string of the molecule is CNS(=O)(=O)c1ccc(CCC(=O)N2CCCC2c2ccc(F)cc2)cc1. The van der Waals surface area contributed by atoms with Crippen LogP contribution in [-0.4, -0.2) is 32.8 Å². The molecule has 0 aliphatic carbocycles. The monoisotopic (exact) mass is 390 g/mol. The Morgan fingerprint density at radius 3 is 2.44 bits per heavy atom. The minimum absolute atomic E-state index is 0.00116. The van der Waals surface area contributed by atoms with E-state index in [1.54, 1.807) is 36.4 Å². The Balaban J connectivity index is 1.62. The zero-order valence-electron chi connectivity index (χ0n) is 15.2. The zero-order valence-corrected chi connectivity index (χ0v) is 16.0. The number of nitrogens with zero attached hydrogens (tertiary/aromatic N) is 1. The lowest BCUT2D eigenvalue weighted by molar-refractivity contribution is -0.132. The molecule has 0 bridgehead atoms. The highest BCUT2D eigenvalue weighted by molar-refractivity contribution is 7.89. The number of sulfonamides is 1. The third kappa shape index (κ3) is 4.54. The summed E-state index contributed by atoms with van der Waals surface area (Å²) in [7, 11) is -2.08. The van der Waals surface area contributed by atoms with Crippen LogP contribution in [0.15, 0.2) is 53.4 Å². The summed E-state index contributed by atoms with van der Waals surface area (Å²) in [5.74, 6) is -0.216. The molecule has 7 heteroatoms. The summed E-state index contributed by atoms with van der Waals surface area (Å²) >= 11 is 0. The second kappa shape index (κ2) is 8.19. The molecule has 1 N–H and O–H groups in total. The van der Waals surface area contributed by atoms with Crippen LogP contribution in [0.1, 0.15) is 36.4 Å². The van der Waals surface area contributed by atoms with E-state index in [4.69, 9.17) is 0 Å². The van der Waals surface area contributed by atoms with Gasteiger partial charge >= 0.3 is 0 Å². The van der Waals surface area contributed by atoms with Gasteiger partial charge in [-0.05, 0) is 61.7 Å². The number of benzene rings is 2. The highest BCUT2D eigenvalue weighted by Crippen LogP contribution is 2.32. The molecule has 144 valence electrons. The fourth-order valence-electron chi connectivity index (χ4n) is 3.44. The summed E-state index contributed by atoms with van der Waals surface area (Å²) in [5.41, 5.74) is 1.87. The summed E-state index contributed by atoms with van der Waals surface area (Å²) < 4.78 is 38.9. The van der Waals surface area contributed by atoms with Gasteiger partial charge in [-0.1, -0.05) is 24.3 Å². The van der Waals surface area contributed by atoms with Crippen molar-refractivity contribution in [2.45, 2.75) is 36.6 Å². The maximum absolute atomic E-state index is 13.1. The number of halogens is 1. The molecule has 1 aliphatic heterocycles. The molecular formula is C20H23FN2O3S. The van der Waals surface area contributed by atoms with Gasteiger partial charge in [-0.25, -0.2) is 17.5 Å². The van der Waals surface area contributed by atoms with Crippen molar-refractivity contribution in [3.05, 3.63) is 65.5 Å². The molecule has 0 radical (unpaired) electrons. The predicted molar refractivity (Wildman–Crippen MR) is 101 cm³/mol. The van der Waals surface area contributed by atoms with E-state index < -0.39 is 10.0 Å². The van der Waals surface area contributed by atoms with Crippen LogP contribution in [-0.2, 0) is 21.2 Å². The highest BCUT2D eigenvalue weighted by Gasteiger charge is 2.29. The number of amides is 1. The van der Waals surface area contributed by atoms with Gasteiger partial charge in [-0.2, -0.15) is 0 Å². The lowest BCUT2D eigenvalue weighted by Crippen LogP contribution is -2.30. The Morgan fingerprint density at radius 2 is 1.81 bits per heavy atom. The summed E-state index contributed by atoms with van der Waals surface area (Å²) in [5, 5.41) is 0. The zero-order chi connectivity index (χ0) is 19.4. The number of carbonyl (C=O) groups excluding carboxylic acids is 1. The van der Waals surface area contributed by atoms with E-state index in [0.29, 0.717) is 19.4 Å². The number of likely N-dealkylation sites (tertiary alicyclic amines) is 1. The minimum Gasteiger partial charge on any atom is -0.336 e. The normalized spacial score (nSPS) is 17.3. The molecule has 1 heterocycles. The van der Waals surface area contributed by atoms with Crippen LogP contribution < -0.4 is 4.72 Å². The maximum Gasteiger partial charge on any atom is 0.240 e. The van der Waals surface area contributed by atoms with E-state index in [-0.39, 0.29) is 22.7 Å². The van der Waals surface area contributed by atoms with Gasteiger partial charge in [0.2, 0.25) is 15.9 Å². The van der Waals surface area contributed by atoms with Crippen molar-refractivity contribution in [2.75, 3.05) is 13.6 Å². The van der Waals surface area contributed by atoms with Crippen molar-refractivity contribution in [1.82, 2.24) is 9.62 Å². The Bertz CT molecular complexity index is 896. The van der Waals surface area contributed by atoms with Crippen molar-refractivity contribution >= 4 is 15.9 Å². The first kappa shape index (κ1) is 19.5. The highest BCUT2D eigenvalue weighted by atomic mass is 32.2. The number of hydrogen-bond donors (Lipinski definition) is 1. The van der Waals surface area contributed by atoms with Crippen molar-refractivity contribution in [3.8, 4) is 0 Å². The predicted octanol–water partition coefficient (Wildman–Crippen LogP) is 3.03. The quantitative estimate of drug-likeness (QED) is 0.825. The summed E-state index contributed by atoms with van der Waals surface area (Å²) in [4.78, 5) is 14.8. The average Bonchev–Trinajstić information content (AvgIpc) is 3.17. The smallest absolute Gasteiger partial charge is 0.240 e. The van der Waals surface area contributed by atoms with Crippen molar-refractivity contribution in [1.29, 1.82) is 0 Å². The largest absolute Gasteiger partial charge is 0.336 e. The van der Waals surface area contributed by atoms with Gasteiger partial charge in [0.15, 0.2) is 0 Å². The Hall–Kier alpha value is -2.25. The number of nitrogens with one attached hydrogen (secondary N) is 1. The third-order valence-electron chi connectivity index (χ3n) is 4.96. The molecule has 1 aliphatic rings. The van der Waals surface area contributed by atoms with Gasteiger partial charge in [0.1, 0.15) is 5.82 Å². The fraction of sp³-hybridized carbons (Fsp3) is 0.350. The Morgan fingerprint density at radius 1 is 1.15 bits per heavy atom. The maximum atomic E-state index is 13.1. The van der Waals surface area contributed by atoms with Crippen molar-refractivity contribution in [3.63, 3.8) is 0 Å². The Labute approximate surface area is 159 Å². The van der Waals surface area contributed by atoms with Gasteiger partial charge in [0, 0.05) is 13.0 Å². The molecule has 0 saturated carbocycles. The van der Waals surface area contributed by atoms with Crippen LogP contribution >= 0.6 is 0 Å². The number of hydrogen-bond acceptors (Lipinski definition) is 3. The van der Waals surface area contributed by atoms with E-state index in [0.717, 1.165) is 24.0 Å². The van der Waals surface area contributed by atoms with E-state index >= 15 is 0 Å². The average molecular weight is 390 g/mol. The third-order valence-corrected chi connectivity index (χ3v) is 6.39. The molecule has 0 spiro atoms. The van der Waals surface area contributed by atoms with Crippen molar-refractivity contribution < 1.29 is 17.6 Å². The first-order chi connectivity index (χ1) is 12.9. The molecule has 1 atom stereocenters. The molecular weight excluding hydrogens is 367 g/mol. The standard InChI is InChI=1S/C20H23FN2O3S/c1-22-27(25,26)18-11-4-15(5-12-18)6-13-20(24)23-14-2-3-19(23)16-7-9-17(21)10-8-16/h4-5,7-12,19,22H,2-3,6,13-14H2,1H3. The van der Waals surface area contributed by atoms with E-state index in [1.165, 1.54) is 19.2 Å². The van der Waals surface area contributed by atoms with Crippen LogP contribution in [0.4, 0.5) is 4.39 Å².